The maximum atomic E-state index is 5.87. The average molecular weight is 310 g/mol. The van der Waals surface area contributed by atoms with E-state index in [1.165, 1.54) is 0 Å². The number of ether oxygens (including phenoxy) is 2. The summed E-state index contributed by atoms with van der Waals surface area (Å²) in [5.74, 6) is 7.73. The van der Waals surface area contributed by atoms with E-state index in [9.17, 15) is 0 Å². The average Bonchev–Trinajstić information content (AvgIpc) is 2.63. The Balaban J connectivity index is 1.85. The molecule has 0 unspecified atom stereocenters. The number of terminal acetylenes is 2. The summed E-state index contributed by atoms with van der Waals surface area (Å²) in [6.07, 6.45) is 11.0. The molecule has 3 aromatic carbocycles. The van der Waals surface area contributed by atoms with Gasteiger partial charge in [-0.15, -0.1) is 12.8 Å². The van der Waals surface area contributed by atoms with Gasteiger partial charge in [0.15, 0.2) is 0 Å². The molecule has 3 rings (SSSR count). The monoisotopic (exact) mass is 310 g/mol. The summed E-state index contributed by atoms with van der Waals surface area (Å²) in [6, 6.07) is 22.1. The van der Waals surface area contributed by atoms with Crippen LogP contribution in [0.5, 0.6) is 23.0 Å². The first kappa shape index (κ1) is 15.3. The minimum Gasteiger partial charge on any atom is -0.456 e. The topological polar surface area (TPSA) is 18.5 Å². The van der Waals surface area contributed by atoms with Crippen molar-refractivity contribution in [3.05, 3.63) is 83.9 Å². The van der Waals surface area contributed by atoms with E-state index in [0.717, 1.165) is 0 Å². The molecule has 24 heavy (non-hydrogen) atoms. The molecule has 0 aromatic heterocycles. The highest BCUT2D eigenvalue weighted by Crippen LogP contribution is 2.30. The summed E-state index contributed by atoms with van der Waals surface area (Å²) in [5, 5.41) is 0. The highest BCUT2D eigenvalue weighted by atomic mass is 16.5. The van der Waals surface area contributed by atoms with Crippen molar-refractivity contribution in [2.24, 2.45) is 0 Å². The highest BCUT2D eigenvalue weighted by molar-refractivity contribution is 5.49. The zero-order valence-electron chi connectivity index (χ0n) is 12.9. The molecule has 3 aromatic rings. The molecule has 0 spiro atoms. The van der Waals surface area contributed by atoms with Gasteiger partial charge in [0.1, 0.15) is 23.0 Å². The molecule has 0 atom stereocenters. The van der Waals surface area contributed by atoms with E-state index in [4.69, 9.17) is 22.3 Å². The van der Waals surface area contributed by atoms with Gasteiger partial charge in [0.25, 0.3) is 0 Å². The standard InChI is InChI=1S/C22H14O2/c1-3-17-10-5-7-14-21(17)23-19-12-9-13-20(16-19)24-22-15-8-6-11-18(22)4-2/h1-2,5-16H. The van der Waals surface area contributed by atoms with Gasteiger partial charge < -0.3 is 9.47 Å². The third-order valence-corrected chi connectivity index (χ3v) is 3.35. The van der Waals surface area contributed by atoms with Crippen LogP contribution in [-0.4, -0.2) is 0 Å². The SMILES string of the molecule is C#Cc1ccccc1Oc1cccc(Oc2ccccc2C#C)c1. The van der Waals surface area contributed by atoms with Crippen molar-refractivity contribution in [3.8, 4) is 47.7 Å². The van der Waals surface area contributed by atoms with E-state index in [2.05, 4.69) is 11.8 Å². The van der Waals surface area contributed by atoms with Crippen molar-refractivity contribution in [1.29, 1.82) is 0 Å². The minimum atomic E-state index is 0.626. The number of hydrogen-bond acceptors (Lipinski definition) is 2. The van der Waals surface area contributed by atoms with Crippen LogP contribution in [0.3, 0.4) is 0 Å². The fourth-order valence-electron chi connectivity index (χ4n) is 2.20. The number of hydrogen-bond donors (Lipinski definition) is 0. The van der Waals surface area contributed by atoms with Crippen LogP contribution in [0.4, 0.5) is 0 Å². The van der Waals surface area contributed by atoms with Crippen LogP contribution in [0.25, 0.3) is 0 Å². The Bertz CT molecular complexity index is 868. The summed E-state index contributed by atoms with van der Waals surface area (Å²) < 4.78 is 11.7. The van der Waals surface area contributed by atoms with Crippen LogP contribution in [0, 0.1) is 24.7 Å². The van der Waals surface area contributed by atoms with E-state index in [1.807, 2.05) is 66.7 Å². The van der Waals surface area contributed by atoms with Gasteiger partial charge in [0.05, 0.1) is 11.1 Å². The molecule has 0 N–H and O–H groups in total. The van der Waals surface area contributed by atoms with Crippen LogP contribution in [0.2, 0.25) is 0 Å². The summed E-state index contributed by atoms with van der Waals surface area (Å²) in [6.45, 7) is 0. The van der Waals surface area contributed by atoms with Gasteiger partial charge in [0, 0.05) is 6.07 Å². The number of para-hydroxylation sites is 2. The van der Waals surface area contributed by atoms with E-state index >= 15 is 0 Å². The smallest absolute Gasteiger partial charge is 0.143 e. The van der Waals surface area contributed by atoms with Crippen LogP contribution < -0.4 is 9.47 Å². The lowest BCUT2D eigenvalue weighted by molar-refractivity contribution is 0.459. The molecule has 0 aliphatic rings. The Morgan fingerprint density at radius 2 is 1.04 bits per heavy atom. The molecule has 0 bridgehead atoms. The lowest BCUT2D eigenvalue weighted by Crippen LogP contribution is -1.90. The first-order valence-corrected chi connectivity index (χ1v) is 7.37. The Kier molecular flexibility index (Phi) is 4.52. The van der Waals surface area contributed by atoms with Crippen molar-refractivity contribution in [1.82, 2.24) is 0 Å². The van der Waals surface area contributed by atoms with Crippen molar-refractivity contribution in [3.63, 3.8) is 0 Å². The van der Waals surface area contributed by atoms with Gasteiger partial charge in [-0.1, -0.05) is 42.2 Å². The van der Waals surface area contributed by atoms with E-state index in [0.29, 0.717) is 34.1 Å². The Labute approximate surface area is 141 Å². The molecule has 0 aliphatic carbocycles. The molecular weight excluding hydrogens is 296 g/mol. The molecule has 0 aliphatic heterocycles. The van der Waals surface area contributed by atoms with E-state index in [-0.39, 0.29) is 0 Å². The van der Waals surface area contributed by atoms with Gasteiger partial charge in [-0.3, -0.25) is 0 Å². The van der Waals surface area contributed by atoms with Crippen LogP contribution in [0.15, 0.2) is 72.8 Å². The largest absolute Gasteiger partial charge is 0.456 e. The van der Waals surface area contributed by atoms with Crippen molar-refractivity contribution < 1.29 is 9.47 Å². The summed E-state index contributed by atoms with van der Waals surface area (Å²) in [4.78, 5) is 0. The number of rotatable bonds is 4. The van der Waals surface area contributed by atoms with Crippen LogP contribution >= 0.6 is 0 Å². The molecule has 0 saturated heterocycles. The van der Waals surface area contributed by atoms with Gasteiger partial charge in [-0.25, -0.2) is 0 Å². The Hall–Kier alpha value is -3.62. The van der Waals surface area contributed by atoms with E-state index < -0.39 is 0 Å². The Morgan fingerprint density at radius 1 is 0.583 bits per heavy atom. The molecule has 0 heterocycles. The predicted octanol–water partition coefficient (Wildman–Crippen LogP) is 5.23. The first-order chi connectivity index (χ1) is 11.8. The maximum absolute atomic E-state index is 5.87. The molecule has 2 heteroatoms. The second-order valence-corrected chi connectivity index (χ2v) is 4.96. The quantitative estimate of drug-likeness (QED) is 0.614. The van der Waals surface area contributed by atoms with E-state index in [1.54, 1.807) is 6.07 Å². The molecule has 0 fully saturated rings. The molecule has 114 valence electrons. The molecule has 0 radical (unpaired) electrons. The zero-order valence-corrected chi connectivity index (χ0v) is 12.9. The van der Waals surface area contributed by atoms with Crippen LogP contribution in [0.1, 0.15) is 11.1 Å². The van der Waals surface area contributed by atoms with Crippen molar-refractivity contribution in [2.75, 3.05) is 0 Å². The predicted molar refractivity (Wildman–Crippen MR) is 95.3 cm³/mol. The normalized spacial score (nSPS) is 9.58. The second-order valence-electron chi connectivity index (χ2n) is 4.96. The second kappa shape index (κ2) is 7.09. The number of benzene rings is 3. The molecular formula is C22H14O2. The Morgan fingerprint density at radius 3 is 1.50 bits per heavy atom. The van der Waals surface area contributed by atoms with Gasteiger partial charge >= 0.3 is 0 Å². The highest BCUT2D eigenvalue weighted by Gasteiger charge is 2.06. The van der Waals surface area contributed by atoms with Crippen molar-refractivity contribution in [2.45, 2.75) is 0 Å². The lowest BCUT2D eigenvalue weighted by Gasteiger charge is -2.11. The summed E-state index contributed by atoms with van der Waals surface area (Å²) in [7, 11) is 0. The summed E-state index contributed by atoms with van der Waals surface area (Å²) >= 11 is 0. The molecule has 0 amide bonds. The fraction of sp³-hybridized carbons (Fsp3) is 0. The minimum absolute atomic E-state index is 0.626. The third kappa shape index (κ3) is 3.40. The lowest BCUT2D eigenvalue weighted by atomic mass is 10.2. The van der Waals surface area contributed by atoms with Gasteiger partial charge in [-0.2, -0.15) is 0 Å². The van der Waals surface area contributed by atoms with Gasteiger partial charge in [0.2, 0.25) is 0 Å². The van der Waals surface area contributed by atoms with Crippen molar-refractivity contribution >= 4 is 0 Å². The maximum Gasteiger partial charge on any atom is 0.143 e. The first-order valence-electron chi connectivity index (χ1n) is 7.37. The molecule has 2 nitrogen and oxygen atoms in total. The third-order valence-electron chi connectivity index (χ3n) is 3.35. The van der Waals surface area contributed by atoms with Gasteiger partial charge in [-0.05, 0) is 36.4 Å². The fourth-order valence-corrected chi connectivity index (χ4v) is 2.20. The van der Waals surface area contributed by atoms with Crippen LogP contribution in [-0.2, 0) is 0 Å². The zero-order chi connectivity index (χ0) is 16.8. The molecule has 0 saturated carbocycles. The summed E-state index contributed by atoms with van der Waals surface area (Å²) in [5.41, 5.74) is 1.39.